The third-order valence-electron chi connectivity index (χ3n) is 3.64. The second kappa shape index (κ2) is 5.29. The molecule has 0 spiro atoms. The van der Waals surface area contributed by atoms with E-state index in [1.165, 1.54) is 18.6 Å². The first-order chi connectivity index (χ1) is 8.07. The van der Waals surface area contributed by atoms with Crippen molar-refractivity contribution in [3.8, 4) is 0 Å². The van der Waals surface area contributed by atoms with Crippen LogP contribution in [-0.4, -0.2) is 22.2 Å². The van der Waals surface area contributed by atoms with Crippen molar-refractivity contribution in [1.82, 2.24) is 0 Å². The fraction of sp³-hybridized carbons (Fsp3) is 0.538. The SMILES string of the molecule is CSC1(C(O)Cc2ccc(F)cc2Br)CCC1. The van der Waals surface area contributed by atoms with Crippen molar-refractivity contribution in [3.63, 3.8) is 0 Å². The normalized spacial score (nSPS) is 19.8. The van der Waals surface area contributed by atoms with Crippen LogP contribution in [0.15, 0.2) is 22.7 Å². The lowest BCUT2D eigenvalue weighted by Crippen LogP contribution is -2.46. The van der Waals surface area contributed by atoms with E-state index in [0.717, 1.165) is 22.9 Å². The lowest BCUT2D eigenvalue weighted by Gasteiger charge is -2.44. The number of benzene rings is 1. The molecule has 0 heterocycles. The number of hydrogen-bond acceptors (Lipinski definition) is 2. The van der Waals surface area contributed by atoms with E-state index in [1.54, 1.807) is 17.8 Å². The molecule has 17 heavy (non-hydrogen) atoms. The molecule has 2 rings (SSSR count). The quantitative estimate of drug-likeness (QED) is 0.911. The molecule has 94 valence electrons. The third-order valence-corrected chi connectivity index (χ3v) is 5.87. The minimum Gasteiger partial charge on any atom is -0.391 e. The van der Waals surface area contributed by atoms with Crippen molar-refractivity contribution in [1.29, 1.82) is 0 Å². The van der Waals surface area contributed by atoms with Gasteiger partial charge in [-0.25, -0.2) is 4.39 Å². The number of halogens is 2. The van der Waals surface area contributed by atoms with Crippen molar-refractivity contribution in [2.45, 2.75) is 36.5 Å². The van der Waals surface area contributed by atoms with Gasteiger partial charge in [0.25, 0.3) is 0 Å². The number of aliphatic hydroxyl groups is 1. The van der Waals surface area contributed by atoms with Crippen molar-refractivity contribution < 1.29 is 9.50 Å². The molecule has 0 radical (unpaired) electrons. The van der Waals surface area contributed by atoms with Crippen LogP contribution >= 0.6 is 27.7 Å². The van der Waals surface area contributed by atoms with E-state index in [0.29, 0.717) is 6.42 Å². The molecule has 1 aromatic carbocycles. The molecular formula is C13H16BrFOS. The molecular weight excluding hydrogens is 303 g/mol. The van der Waals surface area contributed by atoms with Gasteiger partial charge in [0.1, 0.15) is 5.82 Å². The van der Waals surface area contributed by atoms with Gasteiger partial charge in [-0.05, 0) is 36.8 Å². The molecule has 0 bridgehead atoms. The highest BCUT2D eigenvalue weighted by Crippen LogP contribution is 2.46. The van der Waals surface area contributed by atoms with Gasteiger partial charge in [-0.1, -0.05) is 28.4 Å². The third kappa shape index (κ3) is 2.69. The van der Waals surface area contributed by atoms with E-state index in [9.17, 15) is 9.50 Å². The number of hydrogen-bond donors (Lipinski definition) is 1. The Morgan fingerprint density at radius 3 is 2.71 bits per heavy atom. The second-order valence-corrected chi connectivity index (χ2v) is 6.65. The highest BCUT2D eigenvalue weighted by Gasteiger charge is 2.42. The maximum atomic E-state index is 13.0. The van der Waals surface area contributed by atoms with E-state index in [4.69, 9.17) is 0 Å². The summed E-state index contributed by atoms with van der Waals surface area (Å²) in [5.41, 5.74) is 0.972. The zero-order valence-electron chi connectivity index (χ0n) is 9.75. The van der Waals surface area contributed by atoms with Crippen LogP contribution in [0, 0.1) is 5.82 Å². The molecule has 1 nitrogen and oxygen atoms in total. The fourth-order valence-electron chi connectivity index (χ4n) is 2.28. The summed E-state index contributed by atoms with van der Waals surface area (Å²) in [5, 5.41) is 10.3. The van der Waals surface area contributed by atoms with Gasteiger partial charge in [-0.3, -0.25) is 0 Å². The maximum Gasteiger partial charge on any atom is 0.124 e. The van der Waals surface area contributed by atoms with Gasteiger partial charge in [-0.2, -0.15) is 11.8 Å². The molecule has 1 aliphatic carbocycles. The van der Waals surface area contributed by atoms with Gasteiger partial charge in [0.2, 0.25) is 0 Å². The first-order valence-electron chi connectivity index (χ1n) is 5.74. The van der Waals surface area contributed by atoms with E-state index in [1.807, 2.05) is 0 Å². The molecule has 1 saturated carbocycles. The lowest BCUT2D eigenvalue weighted by atomic mass is 9.78. The van der Waals surface area contributed by atoms with Crippen molar-refractivity contribution >= 4 is 27.7 Å². The van der Waals surface area contributed by atoms with Gasteiger partial charge in [0, 0.05) is 15.6 Å². The molecule has 0 aromatic heterocycles. The van der Waals surface area contributed by atoms with Crippen LogP contribution in [0.4, 0.5) is 4.39 Å². The minimum absolute atomic E-state index is 0.0217. The molecule has 0 amide bonds. The summed E-state index contributed by atoms with van der Waals surface area (Å²) < 4.78 is 13.7. The van der Waals surface area contributed by atoms with Gasteiger partial charge >= 0.3 is 0 Å². The molecule has 0 aliphatic heterocycles. The van der Waals surface area contributed by atoms with Crippen LogP contribution in [-0.2, 0) is 6.42 Å². The van der Waals surface area contributed by atoms with Gasteiger partial charge in [0.15, 0.2) is 0 Å². The molecule has 1 atom stereocenters. The molecule has 1 aliphatic rings. The van der Waals surface area contributed by atoms with Gasteiger partial charge in [0.05, 0.1) is 6.10 Å². The Hall–Kier alpha value is -0.0600. The molecule has 1 N–H and O–H groups in total. The van der Waals surface area contributed by atoms with Crippen LogP contribution in [0.2, 0.25) is 0 Å². The van der Waals surface area contributed by atoms with E-state index >= 15 is 0 Å². The zero-order chi connectivity index (χ0) is 12.5. The minimum atomic E-state index is -0.354. The summed E-state index contributed by atoms with van der Waals surface area (Å²) in [7, 11) is 0. The Kier molecular flexibility index (Phi) is 4.16. The van der Waals surface area contributed by atoms with Gasteiger partial charge < -0.3 is 5.11 Å². The van der Waals surface area contributed by atoms with Crippen LogP contribution in [0.5, 0.6) is 0 Å². The topological polar surface area (TPSA) is 20.2 Å². The highest BCUT2D eigenvalue weighted by atomic mass is 79.9. The first kappa shape index (κ1) is 13.4. The monoisotopic (exact) mass is 318 g/mol. The zero-order valence-corrected chi connectivity index (χ0v) is 12.2. The first-order valence-corrected chi connectivity index (χ1v) is 7.76. The Bertz CT molecular complexity index is 401. The predicted octanol–water partition coefficient (Wildman–Crippen LogP) is 3.78. The van der Waals surface area contributed by atoms with Crippen molar-refractivity contribution in [2.75, 3.05) is 6.26 Å². The fourth-order valence-corrected chi connectivity index (χ4v) is 3.85. The molecule has 0 saturated heterocycles. The Balaban J connectivity index is 2.10. The Morgan fingerprint density at radius 1 is 1.53 bits per heavy atom. The number of thioether (sulfide) groups is 1. The average Bonchev–Trinajstić information content (AvgIpc) is 2.21. The average molecular weight is 319 g/mol. The summed E-state index contributed by atoms with van der Waals surface area (Å²) in [4.78, 5) is 0. The highest BCUT2D eigenvalue weighted by molar-refractivity contribution is 9.10. The number of aliphatic hydroxyl groups excluding tert-OH is 1. The summed E-state index contributed by atoms with van der Waals surface area (Å²) >= 11 is 5.10. The largest absolute Gasteiger partial charge is 0.391 e. The van der Waals surface area contributed by atoms with E-state index in [2.05, 4.69) is 22.2 Å². The van der Waals surface area contributed by atoms with E-state index < -0.39 is 0 Å². The lowest BCUT2D eigenvalue weighted by molar-refractivity contribution is 0.0876. The molecule has 1 fully saturated rings. The standard InChI is InChI=1S/C13H16BrFOS/c1-17-13(5-2-6-13)12(16)7-9-3-4-10(15)8-11(9)14/h3-4,8,12,16H,2,5-7H2,1H3. The van der Waals surface area contributed by atoms with Crippen LogP contribution in [0.25, 0.3) is 0 Å². The van der Waals surface area contributed by atoms with Crippen LogP contribution in [0.1, 0.15) is 24.8 Å². The van der Waals surface area contributed by atoms with Crippen molar-refractivity contribution in [2.24, 2.45) is 0 Å². The number of rotatable bonds is 4. The van der Waals surface area contributed by atoms with E-state index in [-0.39, 0.29) is 16.7 Å². The van der Waals surface area contributed by atoms with Crippen molar-refractivity contribution in [3.05, 3.63) is 34.1 Å². The van der Waals surface area contributed by atoms with Crippen LogP contribution in [0.3, 0.4) is 0 Å². The predicted molar refractivity (Wildman–Crippen MR) is 73.9 cm³/mol. The Labute approximate surface area is 114 Å². The second-order valence-electron chi connectivity index (χ2n) is 4.58. The summed E-state index contributed by atoms with van der Waals surface area (Å²) in [6.07, 6.45) is 5.64. The summed E-state index contributed by atoms with van der Waals surface area (Å²) in [6.45, 7) is 0. The summed E-state index contributed by atoms with van der Waals surface area (Å²) in [5.74, 6) is -0.252. The van der Waals surface area contributed by atoms with Crippen LogP contribution < -0.4 is 0 Å². The summed E-state index contributed by atoms with van der Waals surface area (Å²) in [6, 6.07) is 4.64. The smallest absolute Gasteiger partial charge is 0.124 e. The molecule has 1 unspecified atom stereocenters. The molecule has 4 heteroatoms. The van der Waals surface area contributed by atoms with Gasteiger partial charge in [-0.15, -0.1) is 0 Å². The maximum absolute atomic E-state index is 13.0. The molecule has 1 aromatic rings. The Morgan fingerprint density at radius 2 is 2.24 bits per heavy atom.